The molecule has 0 bridgehead atoms. The highest BCUT2D eigenvalue weighted by Gasteiger charge is 2.47. The molecule has 6 N–H and O–H groups in total. The first kappa shape index (κ1) is 63.9. The molecule has 1 aliphatic heterocycles. The van der Waals surface area contributed by atoms with Crippen LogP contribution in [0.3, 0.4) is 0 Å². The second kappa shape index (κ2) is 46.0. The van der Waals surface area contributed by atoms with E-state index in [9.17, 15) is 35.1 Å². The predicted octanol–water partition coefficient (Wildman–Crippen LogP) is 12.3. The fraction of sp³-hybridized carbons (Fsp3) is 0.860. The summed E-state index contributed by atoms with van der Waals surface area (Å²) in [6.45, 7) is 5.73. The average molecular weight is 964 g/mol. The molecule has 1 aliphatic rings. The van der Waals surface area contributed by atoms with Crippen molar-refractivity contribution in [3.8, 4) is 0 Å². The minimum absolute atomic E-state index is 0.126. The lowest BCUT2D eigenvalue weighted by atomic mass is 9.99. The molecule has 68 heavy (non-hydrogen) atoms. The number of ether oxygens (including phenoxy) is 3. The Hall–Kier alpha value is -2.12. The number of aliphatic hydroxyl groups is 5. The minimum atomic E-state index is -1.61. The van der Waals surface area contributed by atoms with Crippen molar-refractivity contribution in [2.75, 3.05) is 13.2 Å². The summed E-state index contributed by atoms with van der Waals surface area (Å²) in [6.07, 6.45) is 41.9. The normalized spacial score (nSPS) is 20.1. The highest BCUT2D eigenvalue weighted by atomic mass is 16.7. The number of aliphatic hydroxyl groups excluding tert-OH is 5. The molecule has 11 heteroatoms. The van der Waals surface area contributed by atoms with Crippen molar-refractivity contribution in [2.24, 2.45) is 0 Å². The number of unbranched alkanes of at least 4 members (excludes halogenated alkanes) is 29. The molecule has 0 aromatic heterocycles. The maximum absolute atomic E-state index is 13.4. The number of hydrogen-bond donors (Lipinski definition) is 6. The van der Waals surface area contributed by atoms with Crippen molar-refractivity contribution < 1.29 is 49.3 Å². The first-order valence-electron chi connectivity index (χ1n) is 28.3. The van der Waals surface area contributed by atoms with Gasteiger partial charge in [-0.1, -0.05) is 224 Å². The number of carbonyl (C=O) groups is 2. The Bertz CT molecular complexity index is 1240. The number of carbonyl (C=O) groups excluding carboxylic acids is 2. The SMILES string of the molecule is CCCCC/C=C\C/C=C\CCCCCCCCC(O)C(=O)NC(COC1OC(CO)C(O)C(O)C1OC(=O)CCCCCCCCCCCCC)C(O)/C=C/CCCCCCCCCCCC. The third kappa shape index (κ3) is 34.2. The van der Waals surface area contributed by atoms with Gasteiger partial charge in [-0.25, -0.2) is 0 Å². The summed E-state index contributed by atoms with van der Waals surface area (Å²) >= 11 is 0. The molecular weight excluding hydrogens is 859 g/mol. The molecule has 0 spiro atoms. The predicted molar refractivity (Wildman–Crippen MR) is 278 cm³/mol. The fourth-order valence-electron chi connectivity index (χ4n) is 8.74. The van der Waals surface area contributed by atoms with E-state index in [2.05, 4.69) is 50.4 Å². The Labute approximate surface area is 415 Å². The van der Waals surface area contributed by atoms with Crippen molar-refractivity contribution in [1.82, 2.24) is 5.32 Å². The van der Waals surface area contributed by atoms with Gasteiger partial charge in [0.2, 0.25) is 5.91 Å². The van der Waals surface area contributed by atoms with Crippen molar-refractivity contribution >= 4 is 11.9 Å². The molecule has 1 rings (SSSR count). The van der Waals surface area contributed by atoms with Gasteiger partial charge in [-0.3, -0.25) is 9.59 Å². The topological polar surface area (TPSA) is 175 Å². The Morgan fingerprint density at radius 2 is 1.01 bits per heavy atom. The van der Waals surface area contributed by atoms with Gasteiger partial charge < -0.3 is 45.1 Å². The number of amides is 1. The summed E-state index contributed by atoms with van der Waals surface area (Å²) < 4.78 is 17.5. The zero-order valence-electron chi connectivity index (χ0n) is 43.7. The molecule has 8 unspecified atom stereocenters. The van der Waals surface area contributed by atoms with Crippen molar-refractivity contribution in [3.63, 3.8) is 0 Å². The maximum Gasteiger partial charge on any atom is 0.306 e. The van der Waals surface area contributed by atoms with E-state index >= 15 is 0 Å². The maximum atomic E-state index is 13.4. The second-order valence-corrected chi connectivity index (χ2v) is 19.7. The fourth-order valence-corrected chi connectivity index (χ4v) is 8.74. The molecule has 1 heterocycles. The molecule has 0 aliphatic carbocycles. The number of allylic oxidation sites excluding steroid dienone is 5. The lowest BCUT2D eigenvalue weighted by Crippen LogP contribution is -2.61. The third-order valence-electron chi connectivity index (χ3n) is 13.3. The van der Waals surface area contributed by atoms with E-state index in [4.69, 9.17) is 14.2 Å². The van der Waals surface area contributed by atoms with Crippen molar-refractivity contribution in [3.05, 3.63) is 36.5 Å². The minimum Gasteiger partial charge on any atom is -0.454 e. The lowest BCUT2D eigenvalue weighted by Gasteiger charge is -2.41. The van der Waals surface area contributed by atoms with Gasteiger partial charge in [-0.2, -0.15) is 0 Å². The van der Waals surface area contributed by atoms with Gasteiger partial charge in [0.15, 0.2) is 12.4 Å². The second-order valence-electron chi connectivity index (χ2n) is 19.7. The van der Waals surface area contributed by atoms with Crippen LogP contribution >= 0.6 is 0 Å². The van der Waals surface area contributed by atoms with Gasteiger partial charge in [-0.15, -0.1) is 0 Å². The molecule has 1 amide bonds. The van der Waals surface area contributed by atoms with Crippen LogP contribution in [0.1, 0.15) is 252 Å². The zero-order chi connectivity index (χ0) is 49.7. The Morgan fingerprint density at radius 3 is 1.53 bits per heavy atom. The molecule has 1 saturated heterocycles. The summed E-state index contributed by atoms with van der Waals surface area (Å²) in [5, 5.41) is 56.7. The van der Waals surface area contributed by atoms with Crippen molar-refractivity contribution in [1.29, 1.82) is 0 Å². The number of nitrogens with one attached hydrogen (secondary N) is 1. The molecule has 0 aromatic rings. The molecule has 1 fully saturated rings. The van der Waals surface area contributed by atoms with E-state index in [1.807, 2.05) is 6.08 Å². The summed E-state index contributed by atoms with van der Waals surface area (Å²) in [6, 6.07) is -1.02. The highest BCUT2D eigenvalue weighted by molar-refractivity contribution is 5.80. The summed E-state index contributed by atoms with van der Waals surface area (Å²) in [4.78, 5) is 26.4. The van der Waals surface area contributed by atoms with Crippen LogP contribution in [0.25, 0.3) is 0 Å². The van der Waals surface area contributed by atoms with Gasteiger partial charge in [0, 0.05) is 6.42 Å². The summed E-state index contributed by atoms with van der Waals surface area (Å²) in [5.41, 5.74) is 0. The number of esters is 1. The van der Waals surface area contributed by atoms with E-state index < -0.39 is 67.4 Å². The van der Waals surface area contributed by atoms with Crippen LogP contribution in [-0.4, -0.2) is 99.6 Å². The van der Waals surface area contributed by atoms with E-state index in [0.29, 0.717) is 12.8 Å². The smallest absolute Gasteiger partial charge is 0.306 e. The number of hydrogen-bond acceptors (Lipinski definition) is 10. The average Bonchev–Trinajstić information content (AvgIpc) is 3.33. The monoisotopic (exact) mass is 964 g/mol. The lowest BCUT2D eigenvalue weighted by molar-refractivity contribution is -0.305. The van der Waals surface area contributed by atoms with E-state index in [-0.39, 0.29) is 19.4 Å². The molecule has 11 nitrogen and oxygen atoms in total. The van der Waals surface area contributed by atoms with Crippen LogP contribution in [0.2, 0.25) is 0 Å². The van der Waals surface area contributed by atoms with Gasteiger partial charge in [0.1, 0.15) is 24.4 Å². The van der Waals surface area contributed by atoms with Crippen LogP contribution in [0.5, 0.6) is 0 Å². The van der Waals surface area contributed by atoms with Gasteiger partial charge in [0.05, 0.1) is 25.4 Å². The standard InChI is InChI=1S/C57H105NO10/c1-4-7-10-13-16-19-22-24-25-26-27-30-32-35-38-41-44-50(61)56(65)58-48(49(60)43-40-37-34-31-29-23-20-17-14-11-8-5-2)47-66-57-55(54(64)53(63)51(46-59)67-57)68-52(62)45-42-39-36-33-28-21-18-15-12-9-6-3/h16,19,24-25,40,43,48-51,53-55,57,59-61,63-64H,4-15,17-18,20-23,26-39,41-42,44-47H2,1-3H3,(H,58,65)/b19-16-,25-24-,43-40+. The molecule has 0 radical (unpaired) electrons. The first-order chi connectivity index (χ1) is 33.2. The first-order valence-corrected chi connectivity index (χ1v) is 28.3. The van der Waals surface area contributed by atoms with E-state index in [1.54, 1.807) is 6.08 Å². The highest BCUT2D eigenvalue weighted by Crippen LogP contribution is 2.26. The van der Waals surface area contributed by atoms with Crippen LogP contribution in [0, 0.1) is 0 Å². The number of rotatable bonds is 47. The van der Waals surface area contributed by atoms with Crippen LogP contribution < -0.4 is 5.32 Å². The van der Waals surface area contributed by atoms with Gasteiger partial charge in [-0.05, 0) is 57.8 Å². The van der Waals surface area contributed by atoms with E-state index in [1.165, 1.54) is 122 Å². The van der Waals surface area contributed by atoms with Gasteiger partial charge >= 0.3 is 5.97 Å². The van der Waals surface area contributed by atoms with E-state index in [0.717, 1.165) is 83.5 Å². The third-order valence-corrected chi connectivity index (χ3v) is 13.3. The molecule has 0 saturated carbocycles. The van der Waals surface area contributed by atoms with Crippen LogP contribution in [0.15, 0.2) is 36.5 Å². The Kier molecular flexibility index (Phi) is 43.2. The molecule has 8 atom stereocenters. The Morgan fingerprint density at radius 1 is 0.574 bits per heavy atom. The molecule has 398 valence electrons. The van der Waals surface area contributed by atoms with Gasteiger partial charge in [0.25, 0.3) is 0 Å². The van der Waals surface area contributed by atoms with Crippen LogP contribution in [0.4, 0.5) is 0 Å². The largest absolute Gasteiger partial charge is 0.454 e. The summed E-state index contributed by atoms with van der Waals surface area (Å²) in [5.74, 6) is -1.20. The molecule has 0 aromatic carbocycles. The van der Waals surface area contributed by atoms with Crippen molar-refractivity contribution in [2.45, 2.75) is 301 Å². The quantitative estimate of drug-likeness (QED) is 0.0196. The molecular formula is C57H105NO10. The summed E-state index contributed by atoms with van der Waals surface area (Å²) in [7, 11) is 0. The zero-order valence-corrected chi connectivity index (χ0v) is 43.7. The Balaban J connectivity index is 2.75. The van der Waals surface area contributed by atoms with Crippen LogP contribution in [-0.2, 0) is 23.8 Å².